The highest BCUT2D eigenvalue weighted by atomic mass is 16.5. The number of guanidine groups is 1. The molecule has 2 unspecified atom stereocenters. The van der Waals surface area contributed by atoms with E-state index in [4.69, 9.17) is 4.74 Å². The first kappa shape index (κ1) is 24.5. The highest BCUT2D eigenvalue weighted by molar-refractivity contribution is 6.08. The van der Waals surface area contributed by atoms with Crippen LogP contribution in [0.2, 0.25) is 0 Å². The number of benzene rings is 1. The van der Waals surface area contributed by atoms with Gasteiger partial charge in [-0.2, -0.15) is 0 Å². The number of aliphatic hydroxyl groups is 2. The monoisotopic (exact) mass is 472 g/mol. The summed E-state index contributed by atoms with van der Waals surface area (Å²) in [5.41, 5.74) is 2.62. The molecule has 3 aliphatic rings. The first-order valence-electron chi connectivity index (χ1n) is 12.4. The molecule has 0 spiro atoms. The van der Waals surface area contributed by atoms with E-state index in [1.807, 2.05) is 19.1 Å². The topological polar surface area (TPSA) is 115 Å². The summed E-state index contributed by atoms with van der Waals surface area (Å²) in [6.45, 7) is 4.26. The van der Waals surface area contributed by atoms with Gasteiger partial charge in [0.25, 0.3) is 5.91 Å². The average Bonchev–Trinajstić information content (AvgIpc) is 3.13. The molecule has 2 fully saturated rings. The van der Waals surface area contributed by atoms with Gasteiger partial charge in [0.1, 0.15) is 18.0 Å². The zero-order valence-electron chi connectivity index (χ0n) is 20.1. The third-order valence-corrected chi connectivity index (χ3v) is 7.04. The maximum Gasteiger partial charge on any atom is 0.251 e. The fraction of sp³-hybridized carbons (Fsp3) is 0.640. The molecule has 2 amide bonds. The van der Waals surface area contributed by atoms with Crippen LogP contribution in [0.25, 0.3) is 0 Å². The third kappa shape index (κ3) is 5.05. The zero-order valence-corrected chi connectivity index (χ0v) is 20.1. The van der Waals surface area contributed by atoms with Crippen LogP contribution in [-0.4, -0.2) is 69.3 Å². The van der Waals surface area contributed by atoms with E-state index in [0.717, 1.165) is 48.2 Å². The van der Waals surface area contributed by atoms with Crippen molar-refractivity contribution in [2.24, 2.45) is 4.99 Å². The van der Waals surface area contributed by atoms with Crippen molar-refractivity contribution in [3.05, 3.63) is 23.3 Å². The van der Waals surface area contributed by atoms with Crippen LogP contribution in [0, 0.1) is 6.92 Å². The van der Waals surface area contributed by atoms with E-state index >= 15 is 0 Å². The van der Waals surface area contributed by atoms with Crippen molar-refractivity contribution in [2.45, 2.75) is 90.1 Å². The van der Waals surface area contributed by atoms with Crippen molar-refractivity contribution in [3.63, 3.8) is 0 Å². The predicted molar refractivity (Wildman–Crippen MR) is 128 cm³/mol. The number of unbranched alkanes of at least 4 members (excludes halogenated alkanes) is 1. The van der Waals surface area contributed by atoms with Crippen molar-refractivity contribution in [1.82, 2.24) is 15.1 Å². The van der Waals surface area contributed by atoms with Gasteiger partial charge in [-0.25, -0.2) is 4.99 Å². The number of amides is 2. The summed E-state index contributed by atoms with van der Waals surface area (Å²) in [6.07, 6.45) is 6.40. The van der Waals surface area contributed by atoms with E-state index in [9.17, 15) is 19.8 Å². The first-order chi connectivity index (χ1) is 16.4. The van der Waals surface area contributed by atoms with Gasteiger partial charge in [-0.15, -0.1) is 0 Å². The summed E-state index contributed by atoms with van der Waals surface area (Å²) in [5.74, 6) is 0.969. The molecule has 186 valence electrons. The molecule has 4 rings (SSSR count). The zero-order chi connectivity index (χ0) is 24.2. The maximum absolute atomic E-state index is 12.8. The minimum atomic E-state index is -0.759. The Morgan fingerprint density at radius 2 is 2.06 bits per heavy atom. The smallest absolute Gasteiger partial charge is 0.251 e. The fourth-order valence-corrected chi connectivity index (χ4v) is 5.25. The Balaban J connectivity index is 1.33. The number of aryl methyl sites for hydroxylation is 1. The number of carbonyl (C=O) groups excluding carboxylic acids is 2. The number of aliphatic hydroxyl groups excluding tert-OH is 2. The lowest BCUT2D eigenvalue weighted by Crippen LogP contribution is -2.46. The molecule has 34 heavy (non-hydrogen) atoms. The van der Waals surface area contributed by atoms with E-state index in [1.165, 1.54) is 6.42 Å². The third-order valence-electron chi connectivity index (χ3n) is 7.04. The summed E-state index contributed by atoms with van der Waals surface area (Å²) >= 11 is 0. The molecule has 2 atom stereocenters. The predicted octanol–water partition coefficient (Wildman–Crippen LogP) is 2.34. The first-order valence-corrected chi connectivity index (χ1v) is 12.4. The average molecular weight is 473 g/mol. The van der Waals surface area contributed by atoms with Gasteiger partial charge >= 0.3 is 0 Å². The Morgan fingerprint density at radius 1 is 1.29 bits per heavy atom. The van der Waals surface area contributed by atoms with Crippen LogP contribution in [0.4, 0.5) is 5.69 Å². The number of nitrogens with zero attached hydrogens (tertiary/aromatic N) is 3. The van der Waals surface area contributed by atoms with Gasteiger partial charge in [-0.3, -0.25) is 14.9 Å². The Kier molecular flexibility index (Phi) is 7.73. The van der Waals surface area contributed by atoms with Crippen molar-refractivity contribution in [1.29, 1.82) is 0 Å². The number of hydrogen-bond donors (Lipinski definition) is 3. The lowest BCUT2D eigenvalue weighted by Gasteiger charge is -2.36. The number of aliphatic imine (C=N–C) groups is 1. The molecule has 9 nitrogen and oxygen atoms in total. The molecular formula is C25H36N4O5. The van der Waals surface area contributed by atoms with Crippen molar-refractivity contribution in [2.75, 3.05) is 13.2 Å². The van der Waals surface area contributed by atoms with Gasteiger partial charge in [0, 0.05) is 18.0 Å². The summed E-state index contributed by atoms with van der Waals surface area (Å²) in [7, 11) is 0. The Labute approximate surface area is 200 Å². The highest BCUT2D eigenvalue weighted by Crippen LogP contribution is 2.37. The van der Waals surface area contributed by atoms with Crippen molar-refractivity contribution >= 4 is 23.5 Å². The second kappa shape index (κ2) is 10.7. The molecule has 1 aromatic carbocycles. The molecule has 0 radical (unpaired) electrons. The fourth-order valence-electron chi connectivity index (χ4n) is 5.25. The van der Waals surface area contributed by atoms with Crippen LogP contribution < -0.4 is 10.1 Å². The molecule has 1 aliphatic carbocycles. The molecule has 0 aromatic heterocycles. The van der Waals surface area contributed by atoms with Gasteiger partial charge in [-0.1, -0.05) is 25.3 Å². The van der Waals surface area contributed by atoms with Crippen LogP contribution in [0.1, 0.15) is 69.4 Å². The Morgan fingerprint density at radius 3 is 2.76 bits per heavy atom. The molecule has 2 heterocycles. The second-order valence-corrected chi connectivity index (χ2v) is 9.49. The van der Waals surface area contributed by atoms with E-state index in [2.05, 4.69) is 10.3 Å². The van der Waals surface area contributed by atoms with Crippen LogP contribution in [0.3, 0.4) is 0 Å². The van der Waals surface area contributed by atoms with Gasteiger partial charge < -0.3 is 24.7 Å². The Hall–Kier alpha value is -2.65. The number of carbonyl (C=O) groups is 2. The second-order valence-electron chi connectivity index (χ2n) is 9.49. The summed E-state index contributed by atoms with van der Waals surface area (Å²) < 4.78 is 6.15. The molecule has 2 aliphatic heterocycles. The number of nitrogens with one attached hydrogen (secondary N) is 1. The van der Waals surface area contributed by atoms with Gasteiger partial charge in [0.05, 0.1) is 25.4 Å². The molecule has 9 heteroatoms. The standard InChI is InChI=1S/C25H36N4O5/c1-16-11-12-20-19(14-28-21(15-30)24(33)27-25(28)26-20)23(16)34-13-7-6-10-22(32)29(17(2)31)18-8-4-3-5-9-18/h11-12,17-18,21,30-31H,3-10,13-15H2,1-2H3,(H,26,27,33). The maximum atomic E-state index is 12.8. The van der Waals surface area contributed by atoms with Crippen LogP contribution in [0.15, 0.2) is 17.1 Å². The highest BCUT2D eigenvalue weighted by Gasteiger charge is 2.39. The number of rotatable bonds is 9. The molecule has 3 N–H and O–H groups in total. The summed E-state index contributed by atoms with van der Waals surface area (Å²) in [6, 6.07) is 3.36. The van der Waals surface area contributed by atoms with Crippen molar-refractivity contribution in [3.8, 4) is 5.75 Å². The van der Waals surface area contributed by atoms with Gasteiger partial charge in [0.2, 0.25) is 11.9 Å². The molecular weight excluding hydrogens is 436 g/mol. The van der Waals surface area contributed by atoms with E-state index < -0.39 is 12.3 Å². The lowest BCUT2D eigenvalue weighted by atomic mass is 9.93. The van der Waals surface area contributed by atoms with Crippen LogP contribution in [0.5, 0.6) is 5.75 Å². The molecule has 1 saturated carbocycles. The molecule has 1 saturated heterocycles. The number of hydrogen-bond acceptors (Lipinski definition) is 7. The minimum absolute atomic E-state index is 0.0123. The molecule has 0 bridgehead atoms. The van der Waals surface area contributed by atoms with Crippen LogP contribution >= 0.6 is 0 Å². The van der Waals surface area contributed by atoms with E-state index in [-0.39, 0.29) is 24.5 Å². The SMILES string of the molecule is Cc1ccc2c(c1OCCCCC(=O)N(C(C)O)C1CCCCC1)CN1C(=N2)NC(=O)C1CO. The van der Waals surface area contributed by atoms with Gasteiger partial charge in [-0.05, 0) is 51.2 Å². The number of ether oxygens (including phenoxy) is 1. The number of fused-ring (bicyclic) bond motifs is 2. The van der Waals surface area contributed by atoms with Crippen molar-refractivity contribution < 1.29 is 24.5 Å². The minimum Gasteiger partial charge on any atom is -0.493 e. The van der Waals surface area contributed by atoms with Crippen LogP contribution in [-0.2, 0) is 16.1 Å². The summed E-state index contributed by atoms with van der Waals surface area (Å²) in [5, 5.41) is 22.5. The van der Waals surface area contributed by atoms with E-state index in [0.29, 0.717) is 38.4 Å². The summed E-state index contributed by atoms with van der Waals surface area (Å²) in [4.78, 5) is 32.9. The quantitative estimate of drug-likeness (QED) is 0.375. The van der Waals surface area contributed by atoms with E-state index in [1.54, 1.807) is 16.7 Å². The molecule has 1 aromatic rings. The van der Waals surface area contributed by atoms with Gasteiger partial charge in [0.15, 0.2) is 0 Å². The normalized spacial score (nSPS) is 20.8. The largest absolute Gasteiger partial charge is 0.493 e. The Bertz CT molecular complexity index is 941. The lowest BCUT2D eigenvalue weighted by molar-refractivity contribution is -0.145.